The highest BCUT2D eigenvalue weighted by Gasteiger charge is 2.27. The molecule has 1 fully saturated rings. The summed E-state index contributed by atoms with van der Waals surface area (Å²) in [5.41, 5.74) is 3.81. The molecule has 1 aliphatic rings. The number of nitrogens with one attached hydrogen (secondary N) is 2. The standard InChI is InChI=1S/C26H32FN5O.HI/c1-18-6-9-21(10-7-18)25-22(5-4-14-33-25)17-31-26(28-3)30-16-20-8-11-24(23(27)15-20)32-13-12-29-19(32)2;/h6-13,15,22,25H,4-5,14,16-17H2,1-3H3,(H2,28,30,31);1H. The Morgan fingerprint density at radius 1 is 1.18 bits per heavy atom. The largest absolute Gasteiger partial charge is 0.373 e. The minimum absolute atomic E-state index is 0. The number of aromatic nitrogens is 2. The first-order chi connectivity index (χ1) is 16.0. The maximum Gasteiger partial charge on any atom is 0.191 e. The Morgan fingerprint density at radius 3 is 2.65 bits per heavy atom. The molecule has 0 saturated carbocycles. The van der Waals surface area contributed by atoms with Gasteiger partial charge in [0.15, 0.2) is 5.96 Å². The van der Waals surface area contributed by atoms with Crippen LogP contribution in [0.4, 0.5) is 4.39 Å². The predicted molar refractivity (Wildman–Crippen MR) is 144 cm³/mol. The van der Waals surface area contributed by atoms with E-state index in [1.165, 1.54) is 11.1 Å². The first kappa shape index (κ1) is 26.2. The zero-order valence-electron chi connectivity index (χ0n) is 19.9. The lowest BCUT2D eigenvalue weighted by molar-refractivity contribution is -0.0265. The molecular weight excluding hydrogens is 544 g/mol. The van der Waals surface area contributed by atoms with E-state index < -0.39 is 0 Å². The molecule has 8 heteroatoms. The molecule has 2 aromatic carbocycles. The fourth-order valence-corrected chi connectivity index (χ4v) is 4.30. The molecule has 2 unspecified atom stereocenters. The minimum atomic E-state index is -0.279. The maximum absolute atomic E-state index is 14.7. The average molecular weight is 577 g/mol. The smallest absolute Gasteiger partial charge is 0.191 e. The zero-order valence-corrected chi connectivity index (χ0v) is 22.3. The van der Waals surface area contributed by atoms with Crippen molar-refractivity contribution in [3.05, 3.63) is 83.2 Å². The molecule has 6 nitrogen and oxygen atoms in total. The Kier molecular flexibility index (Phi) is 9.46. The number of halogens is 2. The van der Waals surface area contributed by atoms with Crippen molar-refractivity contribution in [1.82, 2.24) is 20.2 Å². The lowest BCUT2D eigenvalue weighted by atomic mass is 9.89. The molecule has 2 N–H and O–H groups in total. The molecule has 3 aromatic rings. The van der Waals surface area contributed by atoms with Crippen molar-refractivity contribution < 1.29 is 9.13 Å². The summed E-state index contributed by atoms with van der Waals surface area (Å²) >= 11 is 0. The van der Waals surface area contributed by atoms with Gasteiger partial charge >= 0.3 is 0 Å². The molecule has 0 bridgehead atoms. The molecule has 0 radical (unpaired) electrons. The molecule has 34 heavy (non-hydrogen) atoms. The molecule has 0 amide bonds. The summed E-state index contributed by atoms with van der Waals surface area (Å²) in [6.45, 7) is 5.97. The van der Waals surface area contributed by atoms with Gasteiger partial charge < -0.3 is 19.9 Å². The van der Waals surface area contributed by atoms with Gasteiger partial charge in [-0.3, -0.25) is 4.99 Å². The molecule has 0 aliphatic carbocycles. The number of hydrogen-bond donors (Lipinski definition) is 2. The van der Waals surface area contributed by atoms with Crippen LogP contribution in [0.25, 0.3) is 5.69 Å². The number of hydrogen-bond acceptors (Lipinski definition) is 3. The Bertz CT molecular complexity index is 1100. The maximum atomic E-state index is 14.7. The number of guanidine groups is 1. The van der Waals surface area contributed by atoms with Crippen molar-refractivity contribution in [3.63, 3.8) is 0 Å². The number of aryl methyl sites for hydroxylation is 2. The van der Waals surface area contributed by atoms with Gasteiger partial charge in [0.2, 0.25) is 0 Å². The van der Waals surface area contributed by atoms with E-state index in [1.807, 2.05) is 13.0 Å². The van der Waals surface area contributed by atoms with Gasteiger partial charge in [-0.15, -0.1) is 24.0 Å². The quantitative estimate of drug-likeness (QED) is 0.244. The van der Waals surface area contributed by atoms with Gasteiger partial charge in [-0.05, 0) is 49.9 Å². The molecule has 1 aliphatic heterocycles. The highest BCUT2D eigenvalue weighted by molar-refractivity contribution is 14.0. The van der Waals surface area contributed by atoms with Gasteiger partial charge in [0.1, 0.15) is 11.6 Å². The van der Waals surface area contributed by atoms with E-state index in [0.717, 1.165) is 37.4 Å². The monoisotopic (exact) mass is 577 g/mol. The summed E-state index contributed by atoms with van der Waals surface area (Å²) in [5.74, 6) is 1.52. The van der Waals surface area contributed by atoms with Crippen LogP contribution in [0, 0.1) is 25.6 Å². The van der Waals surface area contributed by atoms with Crippen molar-refractivity contribution in [3.8, 4) is 5.69 Å². The molecule has 0 spiro atoms. The van der Waals surface area contributed by atoms with Crippen LogP contribution in [0.3, 0.4) is 0 Å². The Labute approximate surface area is 218 Å². The molecule has 182 valence electrons. The summed E-state index contributed by atoms with van der Waals surface area (Å²) in [4.78, 5) is 8.50. The second kappa shape index (κ2) is 12.3. The van der Waals surface area contributed by atoms with Crippen LogP contribution in [0.1, 0.15) is 41.5 Å². The van der Waals surface area contributed by atoms with E-state index in [2.05, 4.69) is 51.8 Å². The molecule has 1 aromatic heterocycles. The third-order valence-corrected chi connectivity index (χ3v) is 6.16. The van der Waals surface area contributed by atoms with Gasteiger partial charge in [-0.1, -0.05) is 35.9 Å². The third-order valence-electron chi connectivity index (χ3n) is 6.16. The van der Waals surface area contributed by atoms with Crippen LogP contribution < -0.4 is 10.6 Å². The average Bonchev–Trinajstić information content (AvgIpc) is 3.25. The minimum Gasteiger partial charge on any atom is -0.373 e. The Balaban J connectivity index is 0.00000324. The van der Waals surface area contributed by atoms with Gasteiger partial charge in [-0.2, -0.15) is 0 Å². The molecule has 2 heterocycles. The Hall–Kier alpha value is -2.46. The third kappa shape index (κ3) is 6.35. The number of rotatable bonds is 6. The van der Waals surface area contributed by atoms with E-state index in [1.54, 1.807) is 36.1 Å². The number of nitrogens with zero attached hydrogens (tertiary/aromatic N) is 3. The van der Waals surface area contributed by atoms with Crippen LogP contribution >= 0.6 is 24.0 Å². The molecular formula is C26H33FIN5O. The van der Waals surface area contributed by atoms with Gasteiger partial charge in [-0.25, -0.2) is 9.37 Å². The van der Waals surface area contributed by atoms with Crippen LogP contribution in [0.15, 0.2) is 59.9 Å². The fourth-order valence-electron chi connectivity index (χ4n) is 4.30. The van der Waals surface area contributed by atoms with Crippen LogP contribution in [0.2, 0.25) is 0 Å². The van der Waals surface area contributed by atoms with E-state index in [-0.39, 0.29) is 35.9 Å². The van der Waals surface area contributed by atoms with E-state index in [0.29, 0.717) is 24.1 Å². The second-order valence-corrected chi connectivity index (χ2v) is 8.54. The molecule has 4 rings (SSSR count). The normalized spacial score (nSPS) is 18.3. The lowest BCUT2D eigenvalue weighted by Crippen LogP contribution is -2.41. The lowest BCUT2D eigenvalue weighted by Gasteiger charge is -2.32. The van der Waals surface area contributed by atoms with Crippen molar-refractivity contribution in [2.75, 3.05) is 20.2 Å². The van der Waals surface area contributed by atoms with Crippen LogP contribution in [0.5, 0.6) is 0 Å². The van der Waals surface area contributed by atoms with Gasteiger partial charge in [0, 0.05) is 45.1 Å². The number of imidazole rings is 1. The zero-order chi connectivity index (χ0) is 23.2. The van der Waals surface area contributed by atoms with E-state index in [4.69, 9.17) is 4.74 Å². The summed E-state index contributed by atoms with van der Waals surface area (Å²) in [7, 11) is 1.75. The second-order valence-electron chi connectivity index (χ2n) is 8.54. The Morgan fingerprint density at radius 2 is 1.97 bits per heavy atom. The highest BCUT2D eigenvalue weighted by atomic mass is 127. The summed E-state index contributed by atoms with van der Waals surface area (Å²) < 4.78 is 22.6. The first-order valence-electron chi connectivity index (χ1n) is 11.5. The van der Waals surface area contributed by atoms with E-state index >= 15 is 0 Å². The number of aliphatic imine (C=N–C) groups is 1. The van der Waals surface area contributed by atoms with Crippen molar-refractivity contribution in [2.24, 2.45) is 10.9 Å². The SMILES string of the molecule is CN=C(NCc1ccc(-n2ccnc2C)c(F)c1)NCC1CCCOC1c1ccc(C)cc1.I. The summed E-state index contributed by atoms with van der Waals surface area (Å²) in [5, 5.41) is 6.72. The van der Waals surface area contributed by atoms with Crippen LogP contribution in [-0.4, -0.2) is 35.7 Å². The van der Waals surface area contributed by atoms with Crippen molar-refractivity contribution in [1.29, 1.82) is 0 Å². The van der Waals surface area contributed by atoms with E-state index in [9.17, 15) is 4.39 Å². The first-order valence-corrected chi connectivity index (χ1v) is 11.5. The molecule has 2 atom stereocenters. The fraction of sp³-hybridized carbons (Fsp3) is 0.385. The summed E-state index contributed by atoms with van der Waals surface area (Å²) in [6.07, 6.45) is 5.67. The summed E-state index contributed by atoms with van der Waals surface area (Å²) in [6, 6.07) is 13.8. The predicted octanol–water partition coefficient (Wildman–Crippen LogP) is 5.08. The topological polar surface area (TPSA) is 63.5 Å². The van der Waals surface area contributed by atoms with Crippen molar-refractivity contribution in [2.45, 2.75) is 39.3 Å². The van der Waals surface area contributed by atoms with Gasteiger partial charge in [0.05, 0.1) is 11.8 Å². The highest BCUT2D eigenvalue weighted by Crippen LogP contribution is 2.33. The van der Waals surface area contributed by atoms with Crippen molar-refractivity contribution >= 4 is 29.9 Å². The molecule has 1 saturated heterocycles. The van der Waals surface area contributed by atoms with Crippen LogP contribution in [-0.2, 0) is 11.3 Å². The number of ether oxygens (including phenoxy) is 1. The number of benzene rings is 2. The van der Waals surface area contributed by atoms with Gasteiger partial charge in [0.25, 0.3) is 0 Å².